The molecule has 1 aromatic carbocycles. The fraction of sp³-hybridized carbons (Fsp3) is 0.364. The number of hydrogen-bond donors (Lipinski definition) is 3. The standard InChI is InChI=1S/C22H22ClF2N5O8S/c1-10-3-12(30-22(33)27-21(32)18(28-30)20(24)25)6-14(23)19(10)38-17-7-16(15(8-26-17)37-9-36-2)39(34,35)29-11-4-13(31)5-11/h3,6-8,11,13,20,29,31H,4-5,9H2,1-2H3,(H,27,32,33). The van der Waals surface area contributed by atoms with E-state index in [1.807, 2.05) is 0 Å². The van der Waals surface area contributed by atoms with Crippen molar-refractivity contribution in [1.29, 1.82) is 0 Å². The van der Waals surface area contributed by atoms with Crippen LogP contribution in [0.25, 0.3) is 5.69 Å². The number of pyridine rings is 1. The first-order valence-electron chi connectivity index (χ1n) is 11.2. The Morgan fingerprint density at radius 3 is 2.62 bits per heavy atom. The van der Waals surface area contributed by atoms with E-state index >= 15 is 0 Å². The SMILES string of the molecule is COCOc1cnc(Oc2c(C)cc(-n3nc(C(F)F)c(=O)[nH]c3=O)cc2Cl)cc1S(=O)(=O)NC1CC(O)C1. The van der Waals surface area contributed by atoms with Gasteiger partial charge in [-0.25, -0.2) is 31.7 Å². The third kappa shape index (κ3) is 6.25. The van der Waals surface area contributed by atoms with E-state index in [4.69, 9.17) is 25.8 Å². The van der Waals surface area contributed by atoms with Gasteiger partial charge in [-0.05, 0) is 37.5 Å². The highest BCUT2D eigenvalue weighted by Gasteiger charge is 2.33. The van der Waals surface area contributed by atoms with E-state index in [1.165, 1.54) is 26.2 Å². The molecule has 1 saturated carbocycles. The van der Waals surface area contributed by atoms with Crippen molar-refractivity contribution >= 4 is 21.6 Å². The molecule has 0 bridgehead atoms. The monoisotopic (exact) mass is 589 g/mol. The first-order chi connectivity index (χ1) is 18.4. The Kier molecular flexibility index (Phi) is 8.31. The maximum atomic E-state index is 13.1. The van der Waals surface area contributed by atoms with Crippen molar-refractivity contribution < 1.29 is 36.5 Å². The summed E-state index contributed by atoms with van der Waals surface area (Å²) >= 11 is 6.35. The molecule has 4 rings (SSSR count). The maximum Gasteiger partial charge on any atom is 0.349 e. The molecule has 0 radical (unpaired) electrons. The van der Waals surface area contributed by atoms with Crippen LogP contribution < -0.4 is 25.4 Å². The van der Waals surface area contributed by atoms with Crippen molar-refractivity contribution in [3.63, 3.8) is 0 Å². The Bertz CT molecular complexity index is 1590. The summed E-state index contributed by atoms with van der Waals surface area (Å²) in [5.41, 5.74) is -3.28. The molecule has 3 aromatic rings. The van der Waals surface area contributed by atoms with E-state index in [0.717, 1.165) is 12.3 Å². The van der Waals surface area contributed by atoms with Gasteiger partial charge >= 0.3 is 5.69 Å². The molecule has 1 aliphatic rings. The van der Waals surface area contributed by atoms with Crippen LogP contribution in [0.5, 0.6) is 17.4 Å². The van der Waals surface area contributed by atoms with Crippen LogP contribution in [0, 0.1) is 6.92 Å². The van der Waals surface area contributed by atoms with Gasteiger partial charge in [0.05, 0.1) is 23.0 Å². The topological polar surface area (TPSA) is 175 Å². The summed E-state index contributed by atoms with van der Waals surface area (Å²) in [6, 6.07) is 3.16. The minimum atomic E-state index is -4.13. The second kappa shape index (κ2) is 11.4. The highest BCUT2D eigenvalue weighted by Crippen LogP contribution is 2.36. The lowest BCUT2D eigenvalue weighted by atomic mass is 9.91. The second-order valence-electron chi connectivity index (χ2n) is 8.50. The average Bonchev–Trinajstić information content (AvgIpc) is 2.84. The number of aliphatic hydroxyl groups excluding tert-OH is 1. The lowest BCUT2D eigenvalue weighted by Gasteiger charge is -2.31. The largest absolute Gasteiger partial charge is 0.465 e. The number of ether oxygens (including phenoxy) is 3. The number of aromatic amines is 1. The first kappa shape index (κ1) is 28.6. The number of aromatic nitrogens is 4. The highest BCUT2D eigenvalue weighted by molar-refractivity contribution is 7.89. The van der Waals surface area contributed by atoms with Crippen molar-refractivity contribution in [2.75, 3.05) is 13.9 Å². The van der Waals surface area contributed by atoms with Gasteiger partial charge < -0.3 is 19.3 Å². The number of sulfonamides is 1. The quantitative estimate of drug-likeness (QED) is 0.296. The molecule has 3 N–H and O–H groups in total. The molecular formula is C22H22ClF2N5O8S. The number of nitrogens with zero attached hydrogens (tertiary/aromatic N) is 3. The van der Waals surface area contributed by atoms with Crippen LogP contribution >= 0.6 is 11.6 Å². The summed E-state index contributed by atoms with van der Waals surface area (Å²) < 4.78 is 71.3. The van der Waals surface area contributed by atoms with Gasteiger partial charge in [-0.2, -0.15) is 9.78 Å². The van der Waals surface area contributed by atoms with Crippen LogP contribution in [0.2, 0.25) is 5.02 Å². The summed E-state index contributed by atoms with van der Waals surface area (Å²) in [5, 5.41) is 12.8. The lowest BCUT2D eigenvalue weighted by molar-refractivity contribution is 0.0485. The van der Waals surface area contributed by atoms with Crippen molar-refractivity contribution in [3.05, 3.63) is 61.5 Å². The fourth-order valence-electron chi connectivity index (χ4n) is 3.67. The van der Waals surface area contributed by atoms with E-state index in [0.29, 0.717) is 10.2 Å². The number of aliphatic hydroxyl groups is 1. The van der Waals surface area contributed by atoms with E-state index < -0.39 is 45.5 Å². The van der Waals surface area contributed by atoms with Gasteiger partial charge in [-0.15, -0.1) is 0 Å². The summed E-state index contributed by atoms with van der Waals surface area (Å²) in [7, 11) is -2.78. The van der Waals surface area contributed by atoms with Gasteiger partial charge in [0, 0.05) is 19.2 Å². The maximum absolute atomic E-state index is 13.1. The predicted octanol–water partition coefficient (Wildman–Crippen LogP) is 1.79. The molecule has 1 aliphatic carbocycles. The molecule has 39 heavy (non-hydrogen) atoms. The number of H-pyrrole nitrogens is 1. The molecule has 0 spiro atoms. The Morgan fingerprint density at radius 1 is 1.28 bits per heavy atom. The molecule has 0 unspecified atom stereocenters. The Labute approximate surface area is 224 Å². The summed E-state index contributed by atoms with van der Waals surface area (Å²) in [5.74, 6) is -0.289. The number of halogens is 3. The molecule has 1 fully saturated rings. The number of benzene rings is 1. The number of rotatable bonds is 10. The van der Waals surface area contributed by atoms with Gasteiger partial charge in [-0.1, -0.05) is 11.6 Å². The molecule has 2 heterocycles. The summed E-state index contributed by atoms with van der Waals surface area (Å²) in [4.78, 5) is 29.3. The molecule has 0 aliphatic heterocycles. The van der Waals surface area contributed by atoms with Gasteiger partial charge in [0.15, 0.2) is 24.0 Å². The first-order valence-corrected chi connectivity index (χ1v) is 13.1. The molecule has 210 valence electrons. The van der Waals surface area contributed by atoms with Crippen LogP contribution in [-0.4, -0.2) is 59.3 Å². The number of aryl methyl sites for hydroxylation is 1. The van der Waals surface area contributed by atoms with Gasteiger partial charge in [-0.3, -0.25) is 9.78 Å². The lowest BCUT2D eigenvalue weighted by Crippen LogP contribution is -2.46. The van der Waals surface area contributed by atoms with Crippen molar-refractivity contribution in [3.8, 4) is 23.1 Å². The van der Waals surface area contributed by atoms with Crippen molar-refractivity contribution in [2.24, 2.45) is 0 Å². The highest BCUT2D eigenvalue weighted by atomic mass is 35.5. The number of methoxy groups -OCH3 is 1. The molecule has 17 heteroatoms. The van der Waals surface area contributed by atoms with E-state index in [2.05, 4.69) is 14.8 Å². The van der Waals surface area contributed by atoms with E-state index in [1.54, 1.807) is 4.98 Å². The van der Waals surface area contributed by atoms with Crippen LogP contribution in [-0.2, 0) is 14.8 Å². The van der Waals surface area contributed by atoms with E-state index in [-0.39, 0.29) is 52.6 Å². The average molecular weight is 590 g/mol. The fourth-order valence-corrected chi connectivity index (χ4v) is 5.36. The zero-order valence-corrected chi connectivity index (χ0v) is 21.9. The molecule has 2 aromatic heterocycles. The van der Waals surface area contributed by atoms with Crippen molar-refractivity contribution in [1.82, 2.24) is 24.5 Å². The van der Waals surface area contributed by atoms with Crippen molar-refractivity contribution in [2.45, 2.75) is 43.2 Å². The zero-order valence-electron chi connectivity index (χ0n) is 20.4. The van der Waals surface area contributed by atoms with Crippen LogP contribution in [0.4, 0.5) is 8.78 Å². The minimum absolute atomic E-state index is 0.0171. The normalized spacial score (nSPS) is 17.2. The molecular weight excluding hydrogens is 568 g/mol. The Hall–Kier alpha value is -3.44. The third-order valence-corrected chi connectivity index (χ3v) is 7.41. The van der Waals surface area contributed by atoms with Gasteiger partial charge in [0.2, 0.25) is 15.9 Å². The minimum Gasteiger partial charge on any atom is -0.465 e. The second-order valence-corrected chi connectivity index (χ2v) is 10.6. The number of hydrogen-bond acceptors (Lipinski definition) is 10. The van der Waals surface area contributed by atoms with Gasteiger partial charge in [0.25, 0.3) is 12.0 Å². The molecule has 13 nitrogen and oxygen atoms in total. The Balaban J connectivity index is 1.68. The summed E-state index contributed by atoms with van der Waals surface area (Å²) in [6.45, 7) is 1.26. The number of nitrogens with one attached hydrogen (secondary N) is 2. The predicted molar refractivity (Wildman–Crippen MR) is 131 cm³/mol. The van der Waals surface area contributed by atoms with E-state index in [9.17, 15) is 31.9 Å². The zero-order chi connectivity index (χ0) is 28.5. The smallest absolute Gasteiger partial charge is 0.349 e. The van der Waals surface area contributed by atoms with Crippen LogP contribution in [0.3, 0.4) is 0 Å². The van der Waals surface area contributed by atoms with Gasteiger partial charge in [0.1, 0.15) is 4.90 Å². The van der Waals surface area contributed by atoms with Crippen LogP contribution in [0.1, 0.15) is 30.5 Å². The Morgan fingerprint density at radius 2 is 2.00 bits per heavy atom. The molecule has 0 saturated heterocycles. The molecule has 0 amide bonds. The summed E-state index contributed by atoms with van der Waals surface area (Å²) in [6.07, 6.45) is -2.18. The number of alkyl halides is 2. The third-order valence-electron chi connectivity index (χ3n) is 5.59. The molecule has 0 atom stereocenters. The van der Waals surface area contributed by atoms with Crippen LogP contribution in [0.15, 0.2) is 38.9 Å².